The number of nitrogens with two attached hydrogens (primary N) is 1. The zero-order chi connectivity index (χ0) is 9.14. The van der Waals surface area contributed by atoms with Crippen LogP contribution in [0.5, 0.6) is 0 Å². The minimum absolute atomic E-state index is 0.0494. The minimum atomic E-state index is -0.769. The normalized spacial score (nSPS) is 43.0. The first-order valence-electron chi connectivity index (χ1n) is 4.39. The van der Waals surface area contributed by atoms with Gasteiger partial charge in [0.05, 0.1) is 18.3 Å². The Kier molecular flexibility index (Phi) is 3.46. The van der Waals surface area contributed by atoms with E-state index in [0.717, 1.165) is 0 Å². The molecule has 0 spiro atoms. The number of rotatable bonds is 2. The second-order valence-corrected chi connectivity index (χ2v) is 3.51. The Labute approximate surface area is 72.0 Å². The monoisotopic (exact) mass is 175 g/mol. The molecule has 72 valence electrons. The maximum atomic E-state index is 9.46. The Hall–Kier alpha value is -0.160. The van der Waals surface area contributed by atoms with Crippen LogP contribution in [0.3, 0.4) is 0 Å². The van der Waals surface area contributed by atoms with Gasteiger partial charge in [0.2, 0.25) is 0 Å². The Balaban J connectivity index is 2.43. The summed E-state index contributed by atoms with van der Waals surface area (Å²) in [5.74, 6) is 0.0494. The average Bonchev–Trinajstić information content (AvgIpc) is 2.01. The van der Waals surface area contributed by atoms with Crippen LogP contribution in [-0.2, 0) is 0 Å². The second-order valence-electron chi connectivity index (χ2n) is 3.51. The van der Waals surface area contributed by atoms with Crippen molar-refractivity contribution >= 4 is 0 Å². The topological polar surface area (TPSA) is 86.7 Å². The lowest BCUT2D eigenvalue weighted by molar-refractivity contribution is -0.0779. The van der Waals surface area contributed by atoms with Crippen molar-refractivity contribution in [3.63, 3.8) is 0 Å². The van der Waals surface area contributed by atoms with E-state index in [1.807, 2.05) is 0 Å². The zero-order valence-electron chi connectivity index (χ0n) is 7.06. The zero-order valence-corrected chi connectivity index (χ0v) is 7.06. The van der Waals surface area contributed by atoms with Crippen molar-refractivity contribution in [1.29, 1.82) is 0 Å². The highest BCUT2D eigenvalue weighted by molar-refractivity contribution is 4.85. The third kappa shape index (κ3) is 2.17. The first kappa shape index (κ1) is 9.92. The van der Waals surface area contributed by atoms with Gasteiger partial charge in [-0.05, 0) is 25.3 Å². The molecule has 4 atom stereocenters. The van der Waals surface area contributed by atoms with Gasteiger partial charge in [-0.2, -0.15) is 0 Å². The molecule has 0 heterocycles. The Bertz CT molecular complexity index is 142. The fourth-order valence-electron chi connectivity index (χ4n) is 1.75. The molecule has 1 fully saturated rings. The van der Waals surface area contributed by atoms with E-state index in [1.165, 1.54) is 0 Å². The van der Waals surface area contributed by atoms with Crippen LogP contribution < -0.4 is 5.73 Å². The van der Waals surface area contributed by atoms with Crippen LogP contribution in [0.25, 0.3) is 0 Å². The fraction of sp³-hybridized carbons (Fsp3) is 1.00. The fourth-order valence-corrected chi connectivity index (χ4v) is 1.75. The van der Waals surface area contributed by atoms with E-state index in [1.54, 1.807) is 0 Å². The van der Waals surface area contributed by atoms with Crippen LogP contribution in [0.15, 0.2) is 0 Å². The van der Waals surface area contributed by atoms with E-state index in [2.05, 4.69) is 0 Å². The summed E-state index contributed by atoms with van der Waals surface area (Å²) < 4.78 is 0. The molecule has 0 aromatic rings. The Morgan fingerprint density at radius 3 is 2.17 bits per heavy atom. The SMILES string of the molecule is NCCC1CC(O)C(O)CC1O. The molecule has 0 aliphatic heterocycles. The summed E-state index contributed by atoms with van der Waals surface area (Å²) in [6, 6.07) is 0. The molecule has 0 aromatic carbocycles. The van der Waals surface area contributed by atoms with Crippen molar-refractivity contribution in [3.05, 3.63) is 0 Å². The van der Waals surface area contributed by atoms with Gasteiger partial charge in [-0.15, -0.1) is 0 Å². The lowest BCUT2D eigenvalue weighted by atomic mass is 9.81. The predicted octanol–water partition coefficient (Wildman–Crippen LogP) is -1.17. The molecule has 12 heavy (non-hydrogen) atoms. The van der Waals surface area contributed by atoms with Gasteiger partial charge in [-0.25, -0.2) is 0 Å². The quantitative estimate of drug-likeness (QED) is 0.426. The van der Waals surface area contributed by atoms with Gasteiger partial charge in [-0.1, -0.05) is 0 Å². The van der Waals surface area contributed by atoms with Gasteiger partial charge in [0.25, 0.3) is 0 Å². The average molecular weight is 175 g/mol. The molecule has 0 aromatic heterocycles. The molecule has 0 saturated heterocycles. The standard InChI is InChI=1S/C8H17NO3/c9-2-1-5-3-7(11)8(12)4-6(5)10/h5-8,10-12H,1-4,9H2. The molecular weight excluding hydrogens is 158 g/mol. The van der Waals surface area contributed by atoms with E-state index in [-0.39, 0.29) is 12.3 Å². The van der Waals surface area contributed by atoms with E-state index in [0.29, 0.717) is 19.4 Å². The molecule has 0 radical (unpaired) electrons. The lowest BCUT2D eigenvalue weighted by Gasteiger charge is -2.34. The highest BCUT2D eigenvalue weighted by Gasteiger charge is 2.33. The smallest absolute Gasteiger partial charge is 0.0823 e. The van der Waals surface area contributed by atoms with Gasteiger partial charge in [0, 0.05) is 6.42 Å². The summed E-state index contributed by atoms with van der Waals surface area (Å²) in [4.78, 5) is 0. The molecule has 0 bridgehead atoms. The summed E-state index contributed by atoms with van der Waals surface area (Å²) in [5.41, 5.74) is 5.35. The molecule has 0 amide bonds. The molecule has 1 aliphatic carbocycles. The van der Waals surface area contributed by atoms with Gasteiger partial charge in [-0.3, -0.25) is 0 Å². The van der Waals surface area contributed by atoms with Gasteiger partial charge in [0.1, 0.15) is 0 Å². The Morgan fingerprint density at radius 2 is 1.58 bits per heavy atom. The van der Waals surface area contributed by atoms with Gasteiger partial charge in [0.15, 0.2) is 0 Å². The maximum absolute atomic E-state index is 9.46. The lowest BCUT2D eigenvalue weighted by Crippen LogP contribution is -2.42. The molecular formula is C8H17NO3. The number of aliphatic hydroxyl groups is 3. The molecule has 1 saturated carbocycles. The summed E-state index contributed by atoms with van der Waals surface area (Å²) in [6.07, 6.45) is -0.526. The van der Waals surface area contributed by atoms with Crippen molar-refractivity contribution in [2.75, 3.05) is 6.54 Å². The first-order chi connectivity index (χ1) is 5.65. The molecule has 4 heteroatoms. The van der Waals surface area contributed by atoms with Crippen molar-refractivity contribution in [3.8, 4) is 0 Å². The predicted molar refractivity (Wildman–Crippen MR) is 44.4 cm³/mol. The number of aliphatic hydroxyl groups excluding tert-OH is 3. The van der Waals surface area contributed by atoms with E-state index >= 15 is 0 Å². The highest BCUT2D eigenvalue weighted by atomic mass is 16.3. The van der Waals surface area contributed by atoms with Gasteiger partial charge < -0.3 is 21.1 Å². The van der Waals surface area contributed by atoms with Crippen LogP contribution in [0.2, 0.25) is 0 Å². The van der Waals surface area contributed by atoms with Crippen molar-refractivity contribution < 1.29 is 15.3 Å². The van der Waals surface area contributed by atoms with E-state index in [9.17, 15) is 15.3 Å². The third-order valence-corrected chi connectivity index (χ3v) is 2.55. The van der Waals surface area contributed by atoms with Crippen molar-refractivity contribution in [1.82, 2.24) is 0 Å². The second kappa shape index (κ2) is 4.18. The van der Waals surface area contributed by atoms with Gasteiger partial charge >= 0.3 is 0 Å². The van der Waals surface area contributed by atoms with Crippen LogP contribution in [0.1, 0.15) is 19.3 Å². The number of hydrogen-bond acceptors (Lipinski definition) is 4. The van der Waals surface area contributed by atoms with Crippen LogP contribution in [-0.4, -0.2) is 40.2 Å². The largest absolute Gasteiger partial charge is 0.393 e. The number of hydrogen-bond donors (Lipinski definition) is 4. The third-order valence-electron chi connectivity index (χ3n) is 2.55. The van der Waals surface area contributed by atoms with Crippen LogP contribution >= 0.6 is 0 Å². The molecule has 1 rings (SSSR count). The maximum Gasteiger partial charge on any atom is 0.0823 e. The summed E-state index contributed by atoms with van der Waals surface area (Å²) in [5, 5.41) is 27.9. The van der Waals surface area contributed by atoms with E-state index < -0.39 is 18.3 Å². The molecule has 1 aliphatic rings. The molecule has 5 N–H and O–H groups in total. The molecule has 4 unspecified atom stereocenters. The summed E-state index contributed by atoms with van der Waals surface area (Å²) in [7, 11) is 0. The van der Waals surface area contributed by atoms with E-state index in [4.69, 9.17) is 5.73 Å². The van der Waals surface area contributed by atoms with Crippen molar-refractivity contribution in [2.45, 2.75) is 37.6 Å². The first-order valence-corrected chi connectivity index (χ1v) is 4.39. The summed E-state index contributed by atoms with van der Waals surface area (Å²) in [6.45, 7) is 0.518. The highest BCUT2D eigenvalue weighted by Crippen LogP contribution is 2.27. The minimum Gasteiger partial charge on any atom is -0.393 e. The van der Waals surface area contributed by atoms with Crippen LogP contribution in [0, 0.1) is 5.92 Å². The Morgan fingerprint density at radius 1 is 1.00 bits per heavy atom. The van der Waals surface area contributed by atoms with Crippen molar-refractivity contribution in [2.24, 2.45) is 11.7 Å². The van der Waals surface area contributed by atoms with Crippen LogP contribution in [0.4, 0.5) is 0 Å². The molecule has 4 nitrogen and oxygen atoms in total. The summed E-state index contributed by atoms with van der Waals surface area (Å²) >= 11 is 0.